The number of nitrogens with one attached hydrogen (secondary N) is 1. The largest absolute Gasteiger partial charge is 0.363 e. The van der Waals surface area contributed by atoms with Gasteiger partial charge in [-0.25, -0.2) is 0 Å². The molecule has 1 aromatic heterocycles. The Bertz CT molecular complexity index is 544. The van der Waals surface area contributed by atoms with E-state index < -0.39 is 0 Å². The summed E-state index contributed by atoms with van der Waals surface area (Å²) in [7, 11) is 0. The molecular weight excluding hydrogens is 366 g/mol. The number of aromatic nitrogens is 1. The highest BCUT2D eigenvalue weighted by Gasteiger charge is 2.18. The molecule has 0 fully saturated rings. The lowest BCUT2D eigenvalue weighted by atomic mass is 10.0. The van der Waals surface area contributed by atoms with Gasteiger partial charge in [-0.2, -0.15) is 0 Å². The molecule has 1 aromatic rings. The predicted molar refractivity (Wildman–Crippen MR) is 118 cm³/mol. The van der Waals surface area contributed by atoms with Gasteiger partial charge in [-0.15, -0.1) is 0 Å². The highest BCUT2D eigenvalue weighted by atomic mass is 16.5. The van der Waals surface area contributed by atoms with Crippen LogP contribution in [0, 0.1) is 5.92 Å². The minimum Gasteiger partial charge on any atom is -0.363 e. The first kappa shape index (κ1) is 25.2. The topological polar surface area (TPSA) is 75.4 Å². The van der Waals surface area contributed by atoms with Crippen molar-refractivity contribution in [1.82, 2.24) is 10.1 Å². The van der Waals surface area contributed by atoms with Crippen LogP contribution in [0.1, 0.15) is 97.8 Å². The van der Waals surface area contributed by atoms with Crippen molar-refractivity contribution in [1.29, 1.82) is 0 Å². The van der Waals surface area contributed by atoms with E-state index in [9.17, 15) is 9.59 Å². The third-order valence-corrected chi connectivity index (χ3v) is 4.97. The van der Waals surface area contributed by atoms with Gasteiger partial charge in [0.05, 0.1) is 6.54 Å². The fourth-order valence-corrected chi connectivity index (χ4v) is 3.43. The van der Waals surface area contributed by atoms with Crippen LogP contribution in [0.25, 0.3) is 0 Å². The Kier molecular flexibility index (Phi) is 13.9. The van der Waals surface area contributed by atoms with Gasteiger partial charge in [0.2, 0.25) is 11.8 Å². The quantitative estimate of drug-likeness (QED) is 0.331. The normalized spacial score (nSPS) is 11.0. The second kappa shape index (κ2) is 16.0. The summed E-state index contributed by atoms with van der Waals surface area (Å²) in [6.45, 7) is 7.00. The zero-order valence-electron chi connectivity index (χ0n) is 18.8. The zero-order chi connectivity index (χ0) is 21.3. The van der Waals surface area contributed by atoms with Crippen LogP contribution in [0.4, 0.5) is 5.82 Å². The van der Waals surface area contributed by atoms with Crippen LogP contribution in [0.3, 0.4) is 0 Å². The lowest BCUT2D eigenvalue weighted by Gasteiger charge is -2.24. The molecule has 166 valence electrons. The Morgan fingerprint density at radius 3 is 2.10 bits per heavy atom. The van der Waals surface area contributed by atoms with Crippen molar-refractivity contribution in [3.05, 3.63) is 12.3 Å². The van der Waals surface area contributed by atoms with Gasteiger partial charge in [0.1, 0.15) is 6.26 Å². The standard InChI is InChI=1S/C23H41N3O3/c1-4-5-6-7-8-9-10-11-12-13-14-15-23(28)26(18-20(2)3)19-22(27)24-21-16-17-29-25-21/h16-17,20H,4-15,18-19H2,1-3H3,(H,24,25,27). The van der Waals surface area contributed by atoms with Crippen LogP contribution >= 0.6 is 0 Å². The first-order valence-electron chi connectivity index (χ1n) is 11.5. The van der Waals surface area contributed by atoms with Gasteiger partial charge in [-0.05, 0) is 12.3 Å². The van der Waals surface area contributed by atoms with Gasteiger partial charge < -0.3 is 14.7 Å². The molecule has 6 heteroatoms. The van der Waals surface area contributed by atoms with E-state index >= 15 is 0 Å². The Morgan fingerprint density at radius 1 is 1.00 bits per heavy atom. The number of unbranched alkanes of at least 4 members (excludes halogenated alkanes) is 10. The molecule has 0 spiro atoms. The average Bonchev–Trinajstić information content (AvgIpc) is 3.18. The van der Waals surface area contributed by atoms with Gasteiger partial charge in [-0.3, -0.25) is 9.59 Å². The number of hydrogen-bond donors (Lipinski definition) is 1. The maximum absolute atomic E-state index is 12.6. The number of rotatable bonds is 17. The van der Waals surface area contributed by atoms with Crippen molar-refractivity contribution in [2.45, 2.75) is 97.8 Å². The van der Waals surface area contributed by atoms with E-state index in [4.69, 9.17) is 4.52 Å². The summed E-state index contributed by atoms with van der Waals surface area (Å²) in [4.78, 5) is 26.4. The van der Waals surface area contributed by atoms with Gasteiger partial charge in [-0.1, -0.05) is 90.1 Å². The second-order valence-corrected chi connectivity index (χ2v) is 8.39. The lowest BCUT2D eigenvalue weighted by molar-refractivity contribution is -0.135. The Labute approximate surface area is 176 Å². The predicted octanol–water partition coefficient (Wildman–Crippen LogP) is 5.80. The fourth-order valence-electron chi connectivity index (χ4n) is 3.43. The zero-order valence-corrected chi connectivity index (χ0v) is 18.8. The molecule has 0 saturated heterocycles. The number of nitrogens with zero attached hydrogens (tertiary/aromatic N) is 2. The van der Waals surface area contributed by atoms with Crippen LogP contribution in [0.15, 0.2) is 16.9 Å². The Hall–Kier alpha value is -1.85. The van der Waals surface area contributed by atoms with Crippen LogP contribution in [-0.2, 0) is 9.59 Å². The summed E-state index contributed by atoms with van der Waals surface area (Å²) in [5.74, 6) is 0.505. The average molecular weight is 408 g/mol. The van der Waals surface area contributed by atoms with Crippen molar-refractivity contribution in [2.24, 2.45) is 5.92 Å². The molecule has 1 heterocycles. The molecule has 0 radical (unpaired) electrons. The molecule has 0 bridgehead atoms. The highest BCUT2D eigenvalue weighted by molar-refractivity contribution is 5.93. The first-order valence-corrected chi connectivity index (χ1v) is 11.5. The van der Waals surface area contributed by atoms with Gasteiger partial charge in [0.25, 0.3) is 0 Å². The number of anilines is 1. The molecule has 29 heavy (non-hydrogen) atoms. The van der Waals surface area contributed by atoms with E-state index in [-0.39, 0.29) is 18.4 Å². The van der Waals surface area contributed by atoms with Crippen LogP contribution < -0.4 is 5.32 Å². The van der Waals surface area contributed by atoms with Crippen molar-refractivity contribution in [2.75, 3.05) is 18.4 Å². The van der Waals surface area contributed by atoms with Crippen LogP contribution in [-0.4, -0.2) is 35.0 Å². The molecule has 1 rings (SSSR count). The van der Waals surface area contributed by atoms with Crippen LogP contribution in [0.2, 0.25) is 0 Å². The van der Waals surface area contributed by atoms with E-state index in [1.54, 1.807) is 11.0 Å². The minimum absolute atomic E-state index is 0.0574. The lowest BCUT2D eigenvalue weighted by Crippen LogP contribution is -2.40. The summed E-state index contributed by atoms with van der Waals surface area (Å²) in [5, 5.41) is 6.32. The smallest absolute Gasteiger partial charge is 0.245 e. The minimum atomic E-state index is -0.244. The van der Waals surface area contributed by atoms with Gasteiger partial charge in [0, 0.05) is 19.0 Å². The molecule has 0 aliphatic heterocycles. The van der Waals surface area contributed by atoms with E-state index in [0.29, 0.717) is 24.7 Å². The maximum atomic E-state index is 12.6. The molecule has 0 aliphatic rings. The third-order valence-electron chi connectivity index (χ3n) is 4.97. The number of carbonyl (C=O) groups excluding carboxylic acids is 2. The van der Waals surface area contributed by atoms with Crippen molar-refractivity contribution in [3.63, 3.8) is 0 Å². The van der Waals surface area contributed by atoms with Crippen LogP contribution in [0.5, 0.6) is 0 Å². The SMILES string of the molecule is CCCCCCCCCCCCCC(=O)N(CC(=O)Nc1ccon1)CC(C)C. The number of hydrogen-bond acceptors (Lipinski definition) is 4. The summed E-state index contributed by atoms with van der Waals surface area (Å²) >= 11 is 0. The Morgan fingerprint density at radius 2 is 1.59 bits per heavy atom. The highest BCUT2D eigenvalue weighted by Crippen LogP contribution is 2.13. The molecule has 0 unspecified atom stereocenters. The molecular formula is C23H41N3O3. The Balaban J connectivity index is 2.17. The van der Waals surface area contributed by atoms with E-state index in [2.05, 4.69) is 31.2 Å². The summed E-state index contributed by atoms with van der Waals surface area (Å²) in [5.41, 5.74) is 0. The molecule has 1 N–H and O–H groups in total. The van der Waals surface area contributed by atoms with Crippen molar-refractivity contribution >= 4 is 17.6 Å². The molecule has 0 saturated carbocycles. The molecule has 6 nitrogen and oxygen atoms in total. The van der Waals surface area contributed by atoms with Crippen molar-refractivity contribution < 1.29 is 14.1 Å². The molecule has 0 aliphatic carbocycles. The first-order chi connectivity index (χ1) is 14.0. The summed E-state index contributed by atoms with van der Waals surface area (Å²) < 4.78 is 4.71. The molecule has 2 amide bonds. The molecule has 0 aromatic carbocycles. The monoisotopic (exact) mass is 407 g/mol. The van der Waals surface area contributed by atoms with E-state index in [0.717, 1.165) is 12.8 Å². The number of carbonyl (C=O) groups is 2. The third kappa shape index (κ3) is 13.1. The summed E-state index contributed by atoms with van der Waals surface area (Å²) in [6.07, 6.45) is 15.8. The van der Waals surface area contributed by atoms with Gasteiger partial charge >= 0.3 is 0 Å². The maximum Gasteiger partial charge on any atom is 0.245 e. The summed E-state index contributed by atoms with van der Waals surface area (Å²) in [6, 6.07) is 1.58. The molecule has 0 atom stereocenters. The fraction of sp³-hybridized carbons (Fsp3) is 0.783. The van der Waals surface area contributed by atoms with Gasteiger partial charge in [0.15, 0.2) is 5.82 Å². The van der Waals surface area contributed by atoms with Crippen molar-refractivity contribution in [3.8, 4) is 0 Å². The van der Waals surface area contributed by atoms with E-state index in [1.165, 1.54) is 64.1 Å². The van der Waals surface area contributed by atoms with E-state index in [1.807, 2.05) is 0 Å². The second-order valence-electron chi connectivity index (χ2n) is 8.39. The number of amides is 2.